The fourth-order valence-corrected chi connectivity index (χ4v) is 2.03. The molecule has 0 saturated carbocycles. The lowest BCUT2D eigenvalue weighted by atomic mass is 10.2. The molecule has 0 heterocycles. The number of carbonyl (C=O) groups is 1. The van der Waals surface area contributed by atoms with Crippen LogP contribution in [0.2, 0.25) is 5.02 Å². The van der Waals surface area contributed by atoms with E-state index in [1.807, 2.05) is 31.2 Å². The van der Waals surface area contributed by atoms with Crippen molar-refractivity contribution in [2.75, 3.05) is 22.5 Å². The summed E-state index contributed by atoms with van der Waals surface area (Å²) in [4.78, 5) is 13.9. The third-order valence-electron chi connectivity index (χ3n) is 2.88. The van der Waals surface area contributed by atoms with Gasteiger partial charge in [-0.3, -0.25) is 4.90 Å². The lowest BCUT2D eigenvalue weighted by Gasteiger charge is -2.22. The molecule has 0 fully saturated rings. The van der Waals surface area contributed by atoms with Crippen molar-refractivity contribution in [3.8, 4) is 0 Å². The number of anilines is 3. The molecule has 2 rings (SSSR count). The van der Waals surface area contributed by atoms with Crippen molar-refractivity contribution in [2.45, 2.75) is 6.92 Å². The van der Waals surface area contributed by atoms with Gasteiger partial charge in [0, 0.05) is 17.9 Å². The van der Waals surface area contributed by atoms with E-state index in [2.05, 4.69) is 5.32 Å². The lowest BCUT2D eigenvalue weighted by molar-refractivity contribution is 0.257. The van der Waals surface area contributed by atoms with Crippen molar-refractivity contribution in [3.05, 3.63) is 53.6 Å². The number of hydrogen-bond acceptors (Lipinski definition) is 2. The third-order valence-corrected chi connectivity index (χ3v) is 3.21. The predicted molar refractivity (Wildman–Crippen MR) is 84.3 cm³/mol. The fraction of sp³-hybridized carbons (Fsp3) is 0.133. The number of nitrogens with two attached hydrogens (primary N) is 1. The Kier molecular flexibility index (Phi) is 4.48. The molecule has 0 aromatic heterocycles. The molecule has 5 heteroatoms. The van der Waals surface area contributed by atoms with Crippen LogP contribution in [0.4, 0.5) is 21.9 Å². The summed E-state index contributed by atoms with van der Waals surface area (Å²) in [5, 5.41) is 3.31. The minimum absolute atomic E-state index is 0.231. The normalized spacial score (nSPS) is 10.1. The molecular formula is C15H16ClN3O. The fourth-order valence-electron chi connectivity index (χ4n) is 1.84. The summed E-state index contributed by atoms with van der Waals surface area (Å²) >= 11 is 6.03. The number of nitrogens with one attached hydrogen (secondary N) is 1. The van der Waals surface area contributed by atoms with Gasteiger partial charge >= 0.3 is 6.03 Å². The molecule has 0 bridgehead atoms. The molecule has 0 unspecified atom stereocenters. The molecule has 0 spiro atoms. The third kappa shape index (κ3) is 3.22. The Labute approximate surface area is 123 Å². The average molecular weight is 290 g/mol. The lowest BCUT2D eigenvalue weighted by Crippen LogP contribution is -2.34. The largest absolute Gasteiger partial charge is 0.399 e. The van der Waals surface area contributed by atoms with Crippen molar-refractivity contribution in [1.82, 2.24) is 0 Å². The van der Waals surface area contributed by atoms with E-state index in [1.54, 1.807) is 29.2 Å². The first-order valence-corrected chi connectivity index (χ1v) is 6.68. The number of para-hydroxylation sites is 1. The van der Waals surface area contributed by atoms with Gasteiger partial charge in [-0.1, -0.05) is 23.7 Å². The molecule has 0 atom stereocenters. The molecule has 2 aromatic rings. The Morgan fingerprint density at radius 3 is 2.45 bits per heavy atom. The van der Waals surface area contributed by atoms with Gasteiger partial charge in [-0.05, 0) is 43.3 Å². The monoisotopic (exact) mass is 289 g/mol. The summed E-state index contributed by atoms with van der Waals surface area (Å²) in [5.74, 6) is 0. The van der Waals surface area contributed by atoms with Gasteiger partial charge in [0.1, 0.15) is 0 Å². The summed E-state index contributed by atoms with van der Waals surface area (Å²) in [5.41, 5.74) is 7.69. The Balaban J connectivity index is 2.18. The molecule has 0 aliphatic carbocycles. The van der Waals surface area contributed by atoms with Crippen LogP contribution >= 0.6 is 11.6 Å². The number of nitrogen functional groups attached to an aromatic ring is 1. The molecule has 4 nitrogen and oxygen atoms in total. The van der Waals surface area contributed by atoms with Gasteiger partial charge in [0.2, 0.25) is 0 Å². The molecule has 0 aliphatic heterocycles. The number of carbonyl (C=O) groups excluding carboxylic acids is 1. The molecule has 20 heavy (non-hydrogen) atoms. The van der Waals surface area contributed by atoms with Gasteiger partial charge < -0.3 is 11.1 Å². The molecule has 0 radical (unpaired) electrons. The zero-order chi connectivity index (χ0) is 14.5. The van der Waals surface area contributed by atoms with Crippen LogP contribution in [0.1, 0.15) is 6.92 Å². The smallest absolute Gasteiger partial charge is 0.326 e. The quantitative estimate of drug-likeness (QED) is 0.840. The molecule has 0 aliphatic rings. The van der Waals surface area contributed by atoms with E-state index < -0.39 is 0 Å². The van der Waals surface area contributed by atoms with Crippen molar-refractivity contribution in [1.29, 1.82) is 0 Å². The van der Waals surface area contributed by atoms with Crippen LogP contribution in [0.15, 0.2) is 48.5 Å². The van der Waals surface area contributed by atoms with Gasteiger partial charge in [-0.25, -0.2) is 4.79 Å². The summed E-state index contributed by atoms with van der Waals surface area (Å²) < 4.78 is 0. The maximum atomic E-state index is 12.3. The molecule has 2 aromatic carbocycles. The minimum Gasteiger partial charge on any atom is -0.399 e. The zero-order valence-corrected chi connectivity index (χ0v) is 11.9. The van der Waals surface area contributed by atoms with E-state index in [4.69, 9.17) is 17.3 Å². The van der Waals surface area contributed by atoms with Gasteiger partial charge in [-0.2, -0.15) is 0 Å². The summed E-state index contributed by atoms with van der Waals surface area (Å²) in [7, 11) is 0. The van der Waals surface area contributed by atoms with Crippen LogP contribution in [0, 0.1) is 0 Å². The van der Waals surface area contributed by atoms with Crippen LogP contribution in [-0.4, -0.2) is 12.6 Å². The van der Waals surface area contributed by atoms with Crippen molar-refractivity contribution in [3.63, 3.8) is 0 Å². The van der Waals surface area contributed by atoms with Crippen molar-refractivity contribution in [2.24, 2.45) is 0 Å². The van der Waals surface area contributed by atoms with Gasteiger partial charge in [0.25, 0.3) is 0 Å². The zero-order valence-electron chi connectivity index (χ0n) is 11.1. The average Bonchev–Trinajstić information content (AvgIpc) is 2.44. The maximum Gasteiger partial charge on any atom is 0.326 e. The van der Waals surface area contributed by atoms with Crippen molar-refractivity contribution >= 4 is 34.7 Å². The predicted octanol–water partition coefficient (Wildman–Crippen LogP) is 3.98. The minimum atomic E-state index is -0.231. The number of benzene rings is 2. The summed E-state index contributed by atoms with van der Waals surface area (Å²) in [6.45, 7) is 2.45. The van der Waals surface area contributed by atoms with Crippen LogP contribution in [0.5, 0.6) is 0 Å². The van der Waals surface area contributed by atoms with E-state index >= 15 is 0 Å². The first kappa shape index (κ1) is 14.2. The first-order chi connectivity index (χ1) is 9.61. The summed E-state index contributed by atoms with van der Waals surface area (Å²) in [6, 6.07) is 14.0. The molecule has 3 N–H and O–H groups in total. The molecule has 104 valence electrons. The Hall–Kier alpha value is -2.20. The highest BCUT2D eigenvalue weighted by atomic mass is 35.5. The van der Waals surface area contributed by atoms with E-state index in [0.717, 1.165) is 5.69 Å². The topological polar surface area (TPSA) is 58.4 Å². The second-order valence-corrected chi connectivity index (χ2v) is 4.65. The highest BCUT2D eigenvalue weighted by Gasteiger charge is 2.14. The van der Waals surface area contributed by atoms with Crippen LogP contribution in [0.25, 0.3) is 0 Å². The first-order valence-electron chi connectivity index (χ1n) is 6.30. The highest BCUT2D eigenvalue weighted by Crippen LogP contribution is 2.22. The standard InChI is InChI=1S/C15H16ClN3O/c1-2-19(12-9-7-11(17)8-10-12)15(20)18-14-6-4-3-5-13(14)16/h3-10H,2,17H2,1H3,(H,18,20). The van der Waals surface area contributed by atoms with Crippen molar-refractivity contribution < 1.29 is 4.79 Å². The Morgan fingerprint density at radius 1 is 1.20 bits per heavy atom. The number of hydrogen-bond donors (Lipinski definition) is 2. The highest BCUT2D eigenvalue weighted by molar-refractivity contribution is 6.33. The second-order valence-electron chi connectivity index (χ2n) is 4.25. The Morgan fingerprint density at radius 2 is 1.85 bits per heavy atom. The molecular weight excluding hydrogens is 274 g/mol. The number of amides is 2. The van der Waals surface area contributed by atoms with Crippen LogP contribution in [0.3, 0.4) is 0 Å². The second kappa shape index (κ2) is 6.30. The molecule has 0 saturated heterocycles. The number of rotatable bonds is 3. The van der Waals surface area contributed by atoms with Gasteiger partial charge in [0.15, 0.2) is 0 Å². The number of urea groups is 1. The van der Waals surface area contributed by atoms with E-state index in [0.29, 0.717) is 22.9 Å². The Bertz CT molecular complexity index is 598. The van der Waals surface area contributed by atoms with E-state index in [1.165, 1.54) is 0 Å². The van der Waals surface area contributed by atoms with E-state index in [-0.39, 0.29) is 6.03 Å². The maximum absolute atomic E-state index is 12.3. The van der Waals surface area contributed by atoms with Crippen LogP contribution < -0.4 is 16.0 Å². The van der Waals surface area contributed by atoms with Gasteiger partial charge in [-0.15, -0.1) is 0 Å². The number of halogens is 1. The summed E-state index contributed by atoms with van der Waals surface area (Å²) in [6.07, 6.45) is 0. The molecule has 2 amide bonds. The number of nitrogens with zero attached hydrogens (tertiary/aromatic N) is 1. The van der Waals surface area contributed by atoms with Gasteiger partial charge in [0.05, 0.1) is 10.7 Å². The van der Waals surface area contributed by atoms with E-state index in [9.17, 15) is 4.79 Å². The SMILES string of the molecule is CCN(C(=O)Nc1ccccc1Cl)c1ccc(N)cc1. The van der Waals surface area contributed by atoms with Crippen LogP contribution in [-0.2, 0) is 0 Å².